The van der Waals surface area contributed by atoms with Gasteiger partial charge < -0.3 is 10.6 Å². The number of allylic oxidation sites excluding steroid dienone is 2. The molecule has 0 aromatic heterocycles. The molecule has 1 fully saturated rings. The molecule has 0 saturated carbocycles. The summed E-state index contributed by atoms with van der Waals surface area (Å²) in [4.78, 5) is 16.7. The first-order valence-corrected chi connectivity index (χ1v) is 9.38. The molecule has 2 N–H and O–H groups in total. The predicted octanol–water partition coefficient (Wildman–Crippen LogP) is 3.03. The minimum Gasteiger partial charge on any atom is -0.339 e. The maximum Gasteiger partial charge on any atom is 0.239 e. The van der Waals surface area contributed by atoms with E-state index in [9.17, 15) is 4.79 Å². The minimum absolute atomic E-state index is 0.0454. The van der Waals surface area contributed by atoms with Crippen LogP contribution in [0.2, 0.25) is 0 Å². The van der Waals surface area contributed by atoms with E-state index < -0.39 is 6.04 Å². The summed E-state index contributed by atoms with van der Waals surface area (Å²) in [5.41, 5.74) is 8.36. The molecule has 1 aromatic carbocycles. The highest BCUT2D eigenvalue weighted by atomic mass is 16.2. The van der Waals surface area contributed by atoms with Crippen LogP contribution in [0.25, 0.3) is 0 Å². The van der Waals surface area contributed by atoms with Crippen LogP contribution in [0.15, 0.2) is 67.3 Å². The Bertz CT molecular complexity index is 587. The average molecular weight is 356 g/mol. The van der Waals surface area contributed by atoms with Crippen LogP contribution in [0.1, 0.15) is 19.4 Å². The fourth-order valence-electron chi connectivity index (χ4n) is 2.91. The van der Waals surface area contributed by atoms with E-state index >= 15 is 0 Å². The van der Waals surface area contributed by atoms with E-state index in [0.717, 1.165) is 43.9 Å². The van der Waals surface area contributed by atoms with E-state index in [-0.39, 0.29) is 5.91 Å². The Morgan fingerprint density at radius 1 is 1.15 bits per heavy atom. The number of benzene rings is 1. The van der Waals surface area contributed by atoms with Gasteiger partial charge >= 0.3 is 0 Å². The summed E-state index contributed by atoms with van der Waals surface area (Å²) in [6, 6.07) is 9.46. The molecule has 1 atom stereocenters. The van der Waals surface area contributed by atoms with Gasteiger partial charge in [0.1, 0.15) is 0 Å². The maximum atomic E-state index is 12.5. The van der Waals surface area contributed by atoms with Crippen LogP contribution in [0.5, 0.6) is 0 Å². The fraction of sp³-hybridized carbons (Fsp3) is 0.409. The largest absolute Gasteiger partial charge is 0.339 e. The molecule has 2 rings (SSSR count). The molecule has 1 amide bonds. The quantitative estimate of drug-likeness (QED) is 0.765. The first-order valence-electron chi connectivity index (χ1n) is 9.38. The van der Waals surface area contributed by atoms with Crippen molar-refractivity contribution in [3.63, 3.8) is 0 Å². The summed E-state index contributed by atoms with van der Waals surface area (Å²) in [6.45, 7) is 15.5. The molecule has 1 saturated heterocycles. The van der Waals surface area contributed by atoms with Gasteiger partial charge in [0.15, 0.2) is 0 Å². The highest BCUT2D eigenvalue weighted by Gasteiger charge is 2.25. The number of carbonyl (C=O) groups excluding carboxylic acids is 1. The SMILES string of the molecule is C=C/C=C(\C=C)CN1CCN(C(=O)C(N)Cc2ccccc2)CC1.CC. The van der Waals surface area contributed by atoms with E-state index in [0.29, 0.717) is 6.42 Å². The third kappa shape index (κ3) is 6.98. The van der Waals surface area contributed by atoms with Crippen LogP contribution in [0.3, 0.4) is 0 Å². The highest BCUT2D eigenvalue weighted by molar-refractivity contribution is 5.82. The van der Waals surface area contributed by atoms with Gasteiger partial charge in [-0.3, -0.25) is 9.69 Å². The average Bonchev–Trinajstić information content (AvgIpc) is 2.70. The first-order chi connectivity index (χ1) is 12.6. The molecule has 0 radical (unpaired) electrons. The summed E-state index contributed by atoms with van der Waals surface area (Å²) in [5.74, 6) is 0.0454. The van der Waals surface area contributed by atoms with Crippen LogP contribution in [-0.4, -0.2) is 54.5 Å². The van der Waals surface area contributed by atoms with Crippen LogP contribution in [0.4, 0.5) is 0 Å². The fourth-order valence-corrected chi connectivity index (χ4v) is 2.91. The number of carbonyl (C=O) groups is 1. The molecule has 0 bridgehead atoms. The summed E-state index contributed by atoms with van der Waals surface area (Å²) in [7, 11) is 0. The monoisotopic (exact) mass is 355 g/mol. The zero-order chi connectivity index (χ0) is 19.4. The van der Waals surface area contributed by atoms with Crippen molar-refractivity contribution in [3.05, 3.63) is 72.9 Å². The highest BCUT2D eigenvalue weighted by Crippen LogP contribution is 2.09. The molecule has 1 aliphatic rings. The Morgan fingerprint density at radius 3 is 2.31 bits per heavy atom. The lowest BCUT2D eigenvalue weighted by Crippen LogP contribution is -2.53. The summed E-state index contributed by atoms with van der Waals surface area (Å²) < 4.78 is 0. The molecule has 1 aromatic rings. The number of rotatable bonds is 7. The molecule has 4 heteroatoms. The van der Waals surface area contributed by atoms with Crippen molar-refractivity contribution in [2.24, 2.45) is 5.73 Å². The molecule has 0 aliphatic carbocycles. The second kappa shape index (κ2) is 12.2. The van der Waals surface area contributed by atoms with Gasteiger partial charge in [0.05, 0.1) is 6.04 Å². The molecular weight excluding hydrogens is 322 g/mol. The minimum atomic E-state index is -0.469. The lowest BCUT2D eigenvalue weighted by atomic mass is 10.1. The Morgan fingerprint density at radius 2 is 1.77 bits per heavy atom. The van der Waals surface area contributed by atoms with E-state index in [1.807, 2.05) is 61.2 Å². The molecule has 4 nitrogen and oxygen atoms in total. The topological polar surface area (TPSA) is 49.6 Å². The van der Waals surface area contributed by atoms with Crippen molar-refractivity contribution in [1.29, 1.82) is 0 Å². The molecule has 1 aliphatic heterocycles. The lowest BCUT2D eigenvalue weighted by molar-refractivity contribution is -0.134. The van der Waals surface area contributed by atoms with Gasteiger partial charge in [-0.2, -0.15) is 0 Å². The second-order valence-corrected chi connectivity index (χ2v) is 6.08. The van der Waals surface area contributed by atoms with E-state index in [2.05, 4.69) is 18.1 Å². The molecular formula is C22H33N3O. The molecule has 1 unspecified atom stereocenters. The van der Waals surface area contributed by atoms with Gasteiger partial charge in [-0.15, -0.1) is 0 Å². The van der Waals surface area contributed by atoms with Crippen LogP contribution in [0, 0.1) is 0 Å². The number of amides is 1. The van der Waals surface area contributed by atoms with E-state index in [1.165, 1.54) is 0 Å². The summed E-state index contributed by atoms with van der Waals surface area (Å²) >= 11 is 0. The van der Waals surface area contributed by atoms with Crippen molar-refractivity contribution < 1.29 is 4.79 Å². The molecule has 142 valence electrons. The van der Waals surface area contributed by atoms with Crippen molar-refractivity contribution in [3.8, 4) is 0 Å². The number of hydrogen-bond acceptors (Lipinski definition) is 3. The van der Waals surface area contributed by atoms with Gasteiger partial charge in [0, 0.05) is 32.7 Å². The second-order valence-electron chi connectivity index (χ2n) is 6.08. The Balaban J connectivity index is 0.00000163. The van der Waals surface area contributed by atoms with Crippen molar-refractivity contribution in [1.82, 2.24) is 9.80 Å². The van der Waals surface area contributed by atoms with Crippen molar-refractivity contribution in [2.45, 2.75) is 26.3 Å². The zero-order valence-corrected chi connectivity index (χ0v) is 16.2. The number of nitrogens with two attached hydrogens (primary N) is 1. The normalized spacial score (nSPS) is 16.3. The maximum absolute atomic E-state index is 12.5. The van der Waals surface area contributed by atoms with Crippen LogP contribution < -0.4 is 5.73 Å². The van der Waals surface area contributed by atoms with Crippen LogP contribution >= 0.6 is 0 Å². The number of nitrogens with zero attached hydrogens (tertiary/aromatic N) is 2. The van der Waals surface area contributed by atoms with Gasteiger partial charge in [-0.25, -0.2) is 0 Å². The summed E-state index contributed by atoms with van der Waals surface area (Å²) in [5, 5.41) is 0. The first kappa shape index (κ1) is 21.9. The zero-order valence-electron chi connectivity index (χ0n) is 16.2. The molecule has 26 heavy (non-hydrogen) atoms. The molecule has 0 spiro atoms. The number of piperazine rings is 1. The van der Waals surface area contributed by atoms with Gasteiger partial charge in [0.25, 0.3) is 0 Å². The third-order valence-electron chi connectivity index (χ3n) is 4.30. The van der Waals surface area contributed by atoms with Gasteiger partial charge in [-0.1, -0.05) is 75.6 Å². The standard InChI is InChI=1S/C20H27N3O.C2H6/c1-3-8-17(4-2)16-22-11-13-23(14-12-22)20(24)19(21)15-18-9-6-5-7-10-18;1-2/h3-10,19H,1-2,11-16,21H2;1-2H3/b17-8+;. The van der Waals surface area contributed by atoms with Crippen molar-refractivity contribution in [2.75, 3.05) is 32.7 Å². The lowest BCUT2D eigenvalue weighted by Gasteiger charge is -2.36. The summed E-state index contributed by atoms with van der Waals surface area (Å²) in [6.07, 6.45) is 6.19. The number of hydrogen-bond donors (Lipinski definition) is 1. The van der Waals surface area contributed by atoms with Crippen molar-refractivity contribution >= 4 is 5.91 Å². The third-order valence-corrected chi connectivity index (χ3v) is 4.30. The van der Waals surface area contributed by atoms with Gasteiger partial charge in [0.2, 0.25) is 5.91 Å². The Kier molecular flexibility index (Phi) is 10.3. The van der Waals surface area contributed by atoms with Gasteiger partial charge in [-0.05, 0) is 17.6 Å². The Hall–Kier alpha value is -2.17. The Labute approximate surface area is 158 Å². The van der Waals surface area contributed by atoms with E-state index in [4.69, 9.17) is 5.73 Å². The molecule has 1 heterocycles. The smallest absolute Gasteiger partial charge is 0.239 e. The van der Waals surface area contributed by atoms with E-state index in [1.54, 1.807) is 6.08 Å². The van der Waals surface area contributed by atoms with Crippen LogP contribution in [-0.2, 0) is 11.2 Å². The predicted molar refractivity (Wildman–Crippen MR) is 111 cm³/mol.